The van der Waals surface area contributed by atoms with E-state index in [-0.39, 0.29) is 70.8 Å². The van der Waals surface area contributed by atoms with Crippen molar-refractivity contribution >= 4 is 55.9 Å². The van der Waals surface area contributed by atoms with Gasteiger partial charge in [0.05, 0.1) is 0 Å². The molecule has 368 valence electrons. The van der Waals surface area contributed by atoms with E-state index in [1.54, 1.807) is 33.1 Å². The third-order valence-corrected chi connectivity index (χ3v) is 12.0. The normalized spacial score (nSPS) is 14.6. The molecule has 4 aromatic carbocycles. The summed E-state index contributed by atoms with van der Waals surface area (Å²) in [7, 11) is 5.39. The summed E-state index contributed by atoms with van der Waals surface area (Å²) < 4.78 is 81.4. The number of methoxy groups -OCH3 is 2. The van der Waals surface area contributed by atoms with Gasteiger partial charge in [0.2, 0.25) is 0 Å². The molecule has 5 atom stereocenters. The van der Waals surface area contributed by atoms with Crippen LogP contribution in [0.2, 0.25) is 0 Å². The molecule has 0 aliphatic carbocycles. The van der Waals surface area contributed by atoms with Crippen molar-refractivity contribution in [1.29, 1.82) is 0 Å². The van der Waals surface area contributed by atoms with Crippen LogP contribution in [0.1, 0.15) is 50.3 Å². The zero-order valence-corrected chi connectivity index (χ0v) is 46.2. The van der Waals surface area contributed by atoms with Gasteiger partial charge in [-0.15, -0.1) is 0 Å². The van der Waals surface area contributed by atoms with Crippen molar-refractivity contribution in [3.8, 4) is 0 Å². The first-order valence-corrected chi connectivity index (χ1v) is 24.5. The van der Waals surface area contributed by atoms with Crippen LogP contribution in [0, 0.1) is 6.07 Å². The van der Waals surface area contributed by atoms with E-state index in [1.165, 1.54) is 45.1 Å². The topological polar surface area (TPSA) is 181 Å². The maximum Gasteiger partial charge on any atom is 2.00 e. The molecular formula is C44H71ClMgN4O12P4. The van der Waals surface area contributed by atoms with Crippen LogP contribution in [0.3, 0.4) is 0 Å². The van der Waals surface area contributed by atoms with Crippen LogP contribution in [0.4, 0.5) is 0 Å². The van der Waals surface area contributed by atoms with Gasteiger partial charge in [-0.3, -0.25) is 9.05 Å². The van der Waals surface area contributed by atoms with E-state index >= 15 is 0 Å². The molecule has 0 aromatic heterocycles. The molecule has 0 saturated carbocycles. The fourth-order valence-corrected chi connectivity index (χ4v) is 7.62. The van der Waals surface area contributed by atoms with Crippen molar-refractivity contribution in [2.45, 2.75) is 64.6 Å². The maximum absolute atomic E-state index is 11.7. The molecule has 2 unspecified atom stereocenters. The Bertz CT molecular complexity index is 1660. The van der Waals surface area contributed by atoms with Crippen molar-refractivity contribution in [2.24, 2.45) is 0 Å². The minimum absolute atomic E-state index is 0. The first kappa shape index (κ1) is 70.7. The van der Waals surface area contributed by atoms with Gasteiger partial charge >= 0.3 is 55.9 Å². The Labute approximate surface area is 420 Å². The monoisotopic (exact) mass is 1030 g/mol. The second-order valence-electron chi connectivity index (χ2n) is 13.5. The Kier molecular flexibility index (Phi) is 50.1. The summed E-state index contributed by atoms with van der Waals surface area (Å²) in [5.74, 6) is 0.250. The van der Waals surface area contributed by atoms with E-state index in [4.69, 9.17) is 18.1 Å². The Balaban J connectivity index is -0.000000357. The molecule has 0 radical (unpaired) electrons. The number of benzene rings is 4. The number of hydrogen-bond donors (Lipinski definition) is 3. The average molecular weight is 1030 g/mol. The van der Waals surface area contributed by atoms with E-state index in [1.807, 2.05) is 142 Å². The van der Waals surface area contributed by atoms with Crippen LogP contribution >= 0.6 is 32.9 Å². The summed E-state index contributed by atoms with van der Waals surface area (Å²) >= 11 is 0. The first-order valence-electron chi connectivity index (χ1n) is 20.0. The van der Waals surface area contributed by atoms with Crippen LogP contribution < -0.4 is 28.5 Å². The number of halogens is 1. The van der Waals surface area contributed by atoms with Gasteiger partial charge in [-0.05, 0) is 56.2 Å². The molecule has 1 fully saturated rings. The van der Waals surface area contributed by atoms with Gasteiger partial charge in [0.15, 0.2) is 0 Å². The quantitative estimate of drug-likeness (QED) is 0.0282. The smallest absolute Gasteiger partial charge is 1.00 e. The number of hydroxylamine groups is 2. The van der Waals surface area contributed by atoms with Crippen LogP contribution in [-0.2, 0) is 67.9 Å². The molecule has 16 nitrogen and oxygen atoms in total. The van der Waals surface area contributed by atoms with E-state index in [2.05, 4.69) is 47.8 Å². The van der Waals surface area contributed by atoms with Crippen molar-refractivity contribution in [3.63, 3.8) is 0 Å². The van der Waals surface area contributed by atoms with Gasteiger partial charge in [0.25, 0.3) is 0 Å². The zero-order valence-electron chi connectivity index (χ0n) is 40.4. The molecule has 4 aromatic rings. The van der Waals surface area contributed by atoms with Crippen LogP contribution in [0.25, 0.3) is 0 Å². The number of rotatable bonds is 19. The second kappa shape index (κ2) is 46.8. The van der Waals surface area contributed by atoms with E-state index in [0.29, 0.717) is 12.6 Å². The molecule has 0 bridgehead atoms. The predicted octanol–water partition coefficient (Wildman–Crippen LogP) is 7.20. The molecule has 0 amide bonds. The van der Waals surface area contributed by atoms with Crippen molar-refractivity contribution in [1.82, 2.24) is 20.7 Å². The summed E-state index contributed by atoms with van der Waals surface area (Å²) in [5, 5.41) is 2.80. The summed E-state index contributed by atoms with van der Waals surface area (Å²) in [6.45, 7) is 9.32. The Morgan fingerprint density at radius 3 is 1.24 bits per heavy atom. The van der Waals surface area contributed by atoms with Gasteiger partial charge in [-0.1, -0.05) is 97.9 Å². The number of ether oxygens (including phenoxy) is 2. The molecule has 1 aliphatic heterocycles. The minimum atomic E-state index is -3.11. The van der Waals surface area contributed by atoms with Gasteiger partial charge in [0.1, 0.15) is 0 Å². The third kappa shape index (κ3) is 38.0. The third-order valence-electron chi connectivity index (χ3n) is 8.00. The Morgan fingerprint density at radius 1 is 0.636 bits per heavy atom. The second-order valence-corrected chi connectivity index (χ2v) is 18.4. The summed E-state index contributed by atoms with van der Waals surface area (Å²) in [6.07, 6.45) is 1.72. The fraction of sp³-hybridized carbons (Fsp3) is 0.455. The number of nitrogens with one attached hydrogen (secondary N) is 3. The van der Waals surface area contributed by atoms with Gasteiger partial charge in [-0.25, -0.2) is 37.3 Å². The maximum atomic E-state index is 11.7. The number of nitrogens with zero attached hydrogens (tertiary/aromatic N) is 1. The van der Waals surface area contributed by atoms with Gasteiger partial charge in [0, 0.05) is 88.1 Å². The summed E-state index contributed by atoms with van der Waals surface area (Å²) in [6, 6.07) is 43.3. The average Bonchev–Trinajstić information content (AvgIpc) is 4.08. The fourth-order valence-electron chi connectivity index (χ4n) is 4.78. The zero-order chi connectivity index (χ0) is 48.5. The molecule has 1 heterocycles. The van der Waals surface area contributed by atoms with Crippen molar-refractivity contribution in [3.05, 3.63) is 144 Å². The molecule has 3 N–H and O–H groups in total. The molecule has 0 spiro atoms. The van der Waals surface area contributed by atoms with E-state index < -0.39 is 15.5 Å². The largest absolute Gasteiger partial charge is 2.00 e. The molecule has 1 saturated heterocycles. The van der Waals surface area contributed by atoms with E-state index in [0.717, 1.165) is 19.4 Å². The van der Waals surface area contributed by atoms with Crippen LogP contribution in [-0.4, -0.2) is 116 Å². The first-order chi connectivity index (χ1) is 30.7. The number of hydrogen-bond acceptors (Lipinski definition) is 14. The van der Waals surface area contributed by atoms with Crippen LogP contribution in [0.5, 0.6) is 0 Å². The predicted molar refractivity (Wildman–Crippen MR) is 262 cm³/mol. The molecule has 5 rings (SSSR count). The summed E-state index contributed by atoms with van der Waals surface area (Å²) in [4.78, 5) is 0. The molecular weight excluding hydrogens is 960 g/mol. The van der Waals surface area contributed by atoms with Crippen molar-refractivity contribution < 1.29 is 67.5 Å². The summed E-state index contributed by atoms with van der Waals surface area (Å²) in [5.41, 5.74) is 8.96. The molecule has 66 heavy (non-hydrogen) atoms. The SMILES string of the molecule is COC.COC.COP(=O)(NCC(C)c1ccccc1)OC.COP(=O)(OC)N1C[C@H]1C.C[C@H](Cc1ccccc1)NOP=O.C[C@H](Cc1ccccc1)NOP=O.[Cl-].[Mg+2].[c-]1ccccc1. The standard InChI is InChI=1S/C11H18NO3P.2C9H12NO2P.C6H5.C5H12NO3P.2C2H6O.ClH.Mg/c1-10(11-7-5-4-6-8-11)9-12-16(13,14-2)15-3;2*1-8(10-12-13-11)7-9-5-3-2-4-6-9;1-2-4-6-5-3-1;1-5-4-6(5)10(7,8-2)9-3;2*1-3-2;;/h4-8,10H,9H2,1-3H3,(H,12,13);2*2-6,8,10H,7H2,1H3;1-5H;5H,4H2,1-3H3;2*1-2H3;1H;/q;;;-1;;;;;+2/p-1/t;2*8-;;5-,6?;;;;/m.11.1..../s1. The van der Waals surface area contributed by atoms with Crippen molar-refractivity contribution in [2.75, 3.05) is 70.0 Å². The molecule has 1 aliphatic rings. The molecule has 22 heteroatoms. The van der Waals surface area contributed by atoms with Crippen LogP contribution in [0.15, 0.2) is 121 Å². The minimum Gasteiger partial charge on any atom is -1.00 e. The Hall–Kier alpha value is -1.88. The van der Waals surface area contributed by atoms with Gasteiger partial charge < -0.3 is 30.9 Å². The Morgan fingerprint density at radius 2 is 0.985 bits per heavy atom. The van der Waals surface area contributed by atoms with E-state index in [9.17, 15) is 18.3 Å². The van der Waals surface area contributed by atoms with Gasteiger partial charge in [-0.2, -0.15) is 47.4 Å².